The van der Waals surface area contributed by atoms with Gasteiger partial charge in [-0.3, -0.25) is 0 Å². The fourth-order valence-corrected chi connectivity index (χ4v) is 1.94. The van der Waals surface area contributed by atoms with Gasteiger partial charge < -0.3 is 4.79 Å². The van der Waals surface area contributed by atoms with Crippen molar-refractivity contribution in [1.29, 1.82) is 0 Å². The van der Waals surface area contributed by atoms with Gasteiger partial charge in [0.2, 0.25) is 5.67 Å². The quantitative estimate of drug-likeness (QED) is 0.591. The molecule has 1 aromatic rings. The van der Waals surface area contributed by atoms with Crippen molar-refractivity contribution in [3.63, 3.8) is 0 Å². The van der Waals surface area contributed by atoms with Crippen LogP contribution in [0.4, 0.5) is 17.6 Å². The first-order chi connectivity index (χ1) is 8.88. The number of benzene rings is 1. The minimum absolute atomic E-state index is 0.0140. The van der Waals surface area contributed by atoms with Crippen LogP contribution in [0.25, 0.3) is 5.57 Å². The molecule has 0 aliphatic heterocycles. The number of rotatable bonds is 2. The van der Waals surface area contributed by atoms with Crippen LogP contribution in [-0.4, -0.2) is 18.1 Å². The maximum Gasteiger partial charge on any atom is 0.427 e. The Hall–Kier alpha value is -1.91. The molecule has 1 aromatic carbocycles. The van der Waals surface area contributed by atoms with E-state index in [-0.39, 0.29) is 6.29 Å². The Balaban J connectivity index is 2.41. The van der Waals surface area contributed by atoms with Gasteiger partial charge >= 0.3 is 6.18 Å². The van der Waals surface area contributed by atoms with E-state index in [9.17, 15) is 22.4 Å². The second kappa shape index (κ2) is 4.64. The standard InChI is InChI=1S/C14H10F4O/c15-13(14(16,17)18)7-6-11(8-12(13)9-19)10-4-2-1-3-5-10/h1-9,12H. The zero-order chi connectivity index (χ0) is 14.1. The van der Waals surface area contributed by atoms with Crippen LogP contribution < -0.4 is 0 Å². The SMILES string of the molecule is O=CC1C=C(c2ccccc2)C=CC1(F)C(F)(F)F. The molecule has 0 N–H and O–H groups in total. The van der Waals surface area contributed by atoms with Gasteiger partial charge in [0.05, 0.1) is 5.92 Å². The summed E-state index contributed by atoms with van der Waals surface area (Å²) >= 11 is 0. The Morgan fingerprint density at radius 2 is 1.79 bits per heavy atom. The fraction of sp³-hybridized carbons (Fsp3) is 0.214. The predicted molar refractivity (Wildman–Crippen MR) is 63.0 cm³/mol. The van der Waals surface area contributed by atoms with E-state index in [2.05, 4.69) is 0 Å². The Morgan fingerprint density at radius 3 is 2.32 bits per heavy atom. The van der Waals surface area contributed by atoms with Gasteiger partial charge in [0.15, 0.2) is 0 Å². The zero-order valence-corrected chi connectivity index (χ0v) is 9.69. The average Bonchev–Trinajstić information content (AvgIpc) is 2.39. The summed E-state index contributed by atoms with van der Waals surface area (Å²) in [4.78, 5) is 10.8. The Kier molecular flexibility index (Phi) is 3.30. The highest BCUT2D eigenvalue weighted by Crippen LogP contribution is 2.44. The molecule has 0 saturated carbocycles. The van der Waals surface area contributed by atoms with Gasteiger partial charge in [-0.1, -0.05) is 42.5 Å². The lowest BCUT2D eigenvalue weighted by Gasteiger charge is -2.31. The summed E-state index contributed by atoms with van der Waals surface area (Å²) in [5.41, 5.74) is -2.60. The lowest BCUT2D eigenvalue weighted by Crippen LogP contribution is -2.46. The van der Waals surface area contributed by atoms with Crippen molar-refractivity contribution in [2.45, 2.75) is 11.8 Å². The van der Waals surface area contributed by atoms with E-state index in [4.69, 9.17) is 0 Å². The minimum Gasteiger partial charge on any atom is -0.303 e. The van der Waals surface area contributed by atoms with Gasteiger partial charge in [-0.15, -0.1) is 0 Å². The topological polar surface area (TPSA) is 17.1 Å². The summed E-state index contributed by atoms with van der Waals surface area (Å²) in [7, 11) is 0. The molecule has 0 spiro atoms. The minimum atomic E-state index is -5.12. The molecule has 0 bridgehead atoms. The number of hydrogen-bond donors (Lipinski definition) is 0. The smallest absolute Gasteiger partial charge is 0.303 e. The van der Waals surface area contributed by atoms with E-state index in [1.54, 1.807) is 30.3 Å². The van der Waals surface area contributed by atoms with Crippen molar-refractivity contribution >= 4 is 11.9 Å². The van der Waals surface area contributed by atoms with Crippen molar-refractivity contribution in [3.05, 3.63) is 54.1 Å². The third kappa shape index (κ3) is 2.32. The number of carbonyl (C=O) groups is 1. The fourth-order valence-electron chi connectivity index (χ4n) is 1.94. The zero-order valence-electron chi connectivity index (χ0n) is 9.69. The summed E-state index contributed by atoms with van der Waals surface area (Å²) in [5.74, 6) is -1.87. The number of carbonyl (C=O) groups excluding carboxylic acids is 1. The highest BCUT2D eigenvalue weighted by Gasteiger charge is 2.59. The highest BCUT2D eigenvalue weighted by atomic mass is 19.4. The van der Waals surface area contributed by atoms with E-state index < -0.39 is 17.8 Å². The van der Waals surface area contributed by atoms with Gasteiger partial charge in [-0.25, -0.2) is 4.39 Å². The van der Waals surface area contributed by atoms with E-state index in [1.165, 1.54) is 0 Å². The van der Waals surface area contributed by atoms with Gasteiger partial charge in [0, 0.05) is 0 Å². The van der Waals surface area contributed by atoms with Crippen LogP contribution in [0, 0.1) is 5.92 Å². The van der Waals surface area contributed by atoms with Crippen LogP contribution in [0.3, 0.4) is 0 Å². The molecule has 1 nitrogen and oxygen atoms in total. The molecule has 0 amide bonds. The van der Waals surface area contributed by atoms with Gasteiger partial charge in [-0.2, -0.15) is 13.2 Å². The molecule has 1 aliphatic carbocycles. The van der Waals surface area contributed by atoms with Gasteiger partial charge in [0.1, 0.15) is 6.29 Å². The molecule has 1 aliphatic rings. The lowest BCUT2D eigenvalue weighted by atomic mass is 9.82. The number of aldehydes is 1. The van der Waals surface area contributed by atoms with Gasteiger partial charge in [-0.05, 0) is 17.2 Å². The number of allylic oxidation sites excluding steroid dienone is 4. The van der Waals surface area contributed by atoms with Gasteiger partial charge in [0.25, 0.3) is 0 Å². The van der Waals surface area contributed by atoms with Crippen LogP contribution in [0.15, 0.2) is 48.6 Å². The Bertz CT molecular complexity index is 530. The second-order valence-corrected chi connectivity index (χ2v) is 4.25. The Labute approximate surface area is 107 Å². The first-order valence-corrected chi connectivity index (χ1v) is 5.56. The van der Waals surface area contributed by atoms with Crippen LogP contribution in [0.2, 0.25) is 0 Å². The summed E-state index contributed by atoms with van der Waals surface area (Å²) in [5, 5.41) is 0. The monoisotopic (exact) mass is 270 g/mol. The molecule has 19 heavy (non-hydrogen) atoms. The summed E-state index contributed by atoms with van der Waals surface area (Å²) in [6.45, 7) is 0. The predicted octanol–water partition coefficient (Wildman–Crippen LogP) is 3.73. The normalized spacial score (nSPS) is 26.9. The van der Waals surface area contributed by atoms with Crippen LogP contribution in [0.1, 0.15) is 5.56 Å². The molecule has 2 rings (SSSR count). The summed E-state index contributed by atoms with van der Waals surface area (Å²) < 4.78 is 52.0. The Morgan fingerprint density at radius 1 is 1.16 bits per heavy atom. The third-order valence-corrected chi connectivity index (χ3v) is 3.04. The molecular formula is C14H10F4O. The van der Waals surface area contributed by atoms with Crippen molar-refractivity contribution in [3.8, 4) is 0 Å². The molecule has 0 radical (unpaired) electrons. The van der Waals surface area contributed by atoms with Crippen molar-refractivity contribution in [2.24, 2.45) is 5.92 Å². The highest BCUT2D eigenvalue weighted by molar-refractivity contribution is 5.80. The number of alkyl halides is 4. The van der Waals surface area contributed by atoms with E-state index >= 15 is 0 Å². The molecule has 0 fully saturated rings. The van der Waals surface area contributed by atoms with E-state index in [0.717, 1.165) is 12.2 Å². The molecule has 0 aromatic heterocycles. The van der Waals surface area contributed by atoms with Crippen molar-refractivity contribution in [1.82, 2.24) is 0 Å². The van der Waals surface area contributed by atoms with Crippen molar-refractivity contribution in [2.75, 3.05) is 0 Å². The summed E-state index contributed by atoms with van der Waals surface area (Å²) in [6, 6.07) is 8.53. The largest absolute Gasteiger partial charge is 0.427 e. The maximum atomic E-state index is 13.9. The molecule has 5 heteroatoms. The van der Waals surface area contributed by atoms with Crippen LogP contribution in [0.5, 0.6) is 0 Å². The first-order valence-electron chi connectivity index (χ1n) is 5.56. The average molecular weight is 270 g/mol. The van der Waals surface area contributed by atoms with E-state index in [1.807, 2.05) is 0 Å². The maximum absolute atomic E-state index is 13.9. The molecule has 0 saturated heterocycles. The second-order valence-electron chi connectivity index (χ2n) is 4.25. The first kappa shape index (κ1) is 13.5. The molecule has 2 atom stereocenters. The number of hydrogen-bond acceptors (Lipinski definition) is 1. The molecule has 2 unspecified atom stereocenters. The van der Waals surface area contributed by atoms with Crippen LogP contribution >= 0.6 is 0 Å². The van der Waals surface area contributed by atoms with Crippen molar-refractivity contribution < 1.29 is 22.4 Å². The molecule has 0 heterocycles. The van der Waals surface area contributed by atoms with Crippen LogP contribution in [-0.2, 0) is 4.79 Å². The van der Waals surface area contributed by atoms with E-state index in [0.29, 0.717) is 17.2 Å². The third-order valence-electron chi connectivity index (χ3n) is 3.04. The molecular weight excluding hydrogens is 260 g/mol. The lowest BCUT2D eigenvalue weighted by molar-refractivity contribution is -0.221. The molecule has 100 valence electrons. The summed E-state index contributed by atoms with van der Waals surface area (Å²) in [6.07, 6.45) is -2.65. The number of halogens is 4.